The predicted octanol–water partition coefficient (Wildman–Crippen LogP) is 4.58. The highest BCUT2D eigenvalue weighted by Gasteiger charge is 2.33. The molecular formula is C23H33N3O2. The van der Waals surface area contributed by atoms with E-state index in [0.29, 0.717) is 17.9 Å². The molecule has 2 saturated carbocycles. The van der Waals surface area contributed by atoms with E-state index in [1.165, 1.54) is 38.5 Å². The van der Waals surface area contributed by atoms with E-state index < -0.39 is 6.10 Å². The Morgan fingerprint density at radius 3 is 2.21 bits per heavy atom. The molecule has 2 aromatic rings. The third kappa shape index (κ3) is 3.95. The number of hydrogen-bond donors (Lipinski definition) is 1. The maximum atomic E-state index is 13.6. The maximum Gasteiger partial charge on any atom is 0.243 e. The number of benzene rings is 1. The number of carbonyl (C=O) groups is 1. The van der Waals surface area contributed by atoms with Crippen molar-refractivity contribution >= 4 is 16.9 Å². The Bertz CT molecular complexity index is 783. The summed E-state index contributed by atoms with van der Waals surface area (Å²) in [4.78, 5) is 20.5. The van der Waals surface area contributed by atoms with Crippen molar-refractivity contribution in [1.29, 1.82) is 0 Å². The Hall–Kier alpha value is -1.88. The summed E-state index contributed by atoms with van der Waals surface area (Å²) in [6.45, 7) is 2.00. The first kappa shape index (κ1) is 19.4. The Balaban J connectivity index is 1.64. The van der Waals surface area contributed by atoms with Crippen LogP contribution in [0.15, 0.2) is 24.3 Å². The van der Waals surface area contributed by atoms with E-state index in [0.717, 1.165) is 36.7 Å². The number of aromatic nitrogens is 2. The van der Waals surface area contributed by atoms with Crippen LogP contribution in [0.1, 0.15) is 83.1 Å². The minimum atomic E-state index is -0.696. The lowest BCUT2D eigenvalue weighted by atomic mass is 9.88. The fourth-order valence-corrected chi connectivity index (χ4v) is 5.22. The van der Waals surface area contributed by atoms with Gasteiger partial charge >= 0.3 is 0 Å². The van der Waals surface area contributed by atoms with Gasteiger partial charge in [0.25, 0.3) is 0 Å². The zero-order chi connectivity index (χ0) is 19.5. The van der Waals surface area contributed by atoms with E-state index in [1.807, 2.05) is 28.8 Å². The highest BCUT2D eigenvalue weighted by molar-refractivity contribution is 5.81. The topological polar surface area (TPSA) is 58.4 Å². The lowest BCUT2D eigenvalue weighted by Gasteiger charge is -2.42. The Labute approximate surface area is 167 Å². The van der Waals surface area contributed by atoms with E-state index in [4.69, 9.17) is 0 Å². The van der Waals surface area contributed by atoms with Crippen molar-refractivity contribution < 1.29 is 9.90 Å². The van der Waals surface area contributed by atoms with Crippen LogP contribution >= 0.6 is 0 Å². The van der Waals surface area contributed by atoms with Crippen molar-refractivity contribution in [3.8, 4) is 0 Å². The van der Waals surface area contributed by atoms with Gasteiger partial charge in [-0.25, -0.2) is 4.98 Å². The number of hydrogen-bond acceptors (Lipinski definition) is 3. The molecule has 5 nitrogen and oxygen atoms in total. The fourth-order valence-electron chi connectivity index (χ4n) is 5.22. The molecule has 4 rings (SSSR count). The Morgan fingerprint density at radius 1 is 1.07 bits per heavy atom. The molecule has 1 aromatic heterocycles. The fraction of sp³-hybridized carbons (Fsp3) is 0.652. The molecule has 2 aliphatic rings. The Morgan fingerprint density at radius 2 is 1.64 bits per heavy atom. The first-order chi connectivity index (χ1) is 13.6. The van der Waals surface area contributed by atoms with Crippen LogP contribution in [0.2, 0.25) is 0 Å². The molecule has 0 radical (unpaired) electrons. The van der Waals surface area contributed by atoms with Gasteiger partial charge < -0.3 is 14.6 Å². The first-order valence-corrected chi connectivity index (χ1v) is 11.1. The van der Waals surface area contributed by atoms with Crippen LogP contribution in [-0.2, 0) is 11.3 Å². The van der Waals surface area contributed by atoms with E-state index >= 15 is 0 Å². The van der Waals surface area contributed by atoms with Crippen molar-refractivity contribution in [3.63, 3.8) is 0 Å². The van der Waals surface area contributed by atoms with Gasteiger partial charge in [-0.05, 0) is 44.7 Å². The molecule has 1 N–H and O–H groups in total. The van der Waals surface area contributed by atoms with E-state index in [2.05, 4.69) is 9.88 Å². The molecule has 0 aliphatic heterocycles. The van der Waals surface area contributed by atoms with Crippen LogP contribution in [0.5, 0.6) is 0 Å². The molecule has 2 aliphatic carbocycles. The third-order valence-corrected chi connectivity index (χ3v) is 6.58. The summed E-state index contributed by atoms with van der Waals surface area (Å²) in [7, 11) is 0. The summed E-state index contributed by atoms with van der Waals surface area (Å²) in [6, 6.07) is 8.62. The largest absolute Gasteiger partial charge is 0.385 e. The maximum absolute atomic E-state index is 13.6. The van der Waals surface area contributed by atoms with Gasteiger partial charge in [-0.2, -0.15) is 0 Å². The van der Waals surface area contributed by atoms with Crippen LogP contribution in [-0.4, -0.2) is 37.5 Å². The number of nitrogens with zero attached hydrogens (tertiary/aromatic N) is 3. The van der Waals surface area contributed by atoms with Crippen molar-refractivity contribution in [2.75, 3.05) is 0 Å². The van der Waals surface area contributed by atoms with Crippen LogP contribution in [0.3, 0.4) is 0 Å². The molecule has 5 heteroatoms. The van der Waals surface area contributed by atoms with Gasteiger partial charge in [0.1, 0.15) is 18.5 Å². The van der Waals surface area contributed by atoms with Crippen LogP contribution in [0.25, 0.3) is 11.0 Å². The second-order valence-corrected chi connectivity index (χ2v) is 8.61. The van der Waals surface area contributed by atoms with Crippen molar-refractivity contribution in [3.05, 3.63) is 30.1 Å². The third-order valence-electron chi connectivity index (χ3n) is 6.58. The highest BCUT2D eigenvalue weighted by Crippen LogP contribution is 2.31. The molecule has 1 aromatic carbocycles. The van der Waals surface area contributed by atoms with Gasteiger partial charge in [0, 0.05) is 12.1 Å². The van der Waals surface area contributed by atoms with Crippen LogP contribution < -0.4 is 0 Å². The van der Waals surface area contributed by atoms with Crippen LogP contribution in [0.4, 0.5) is 0 Å². The lowest BCUT2D eigenvalue weighted by molar-refractivity contribution is -0.138. The SMILES string of the molecule is CC(O)c1nc2ccccc2n1CC(=O)N(C1CCCCC1)C1CCCCC1. The van der Waals surface area contributed by atoms with E-state index in [1.54, 1.807) is 6.92 Å². The molecule has 0 spiro atoms. The first-order valence-electron chi connectivity index (χ1n) is 11.1. The number of aliphatic hydroxyl groups is 1. The van der Waals surface area contributed by atoms with Gasteiger partial charge in [0.05, 0.1) is 11.0 Å². The van der Waals surface area contributed by atoms with Gasteiger partial charge in [-0.15, -0.1) is 0 Å². The summed E-state index contributed by atoms with van der Waals surface area (Å²) in [5.74, 6) is 0.783. The second-order valence-electron chi connectivity index (χ2n) is 8.61. The average Bonchev–Trinajstić information content (AvgIpc) is 3.09. The van der Waals surface area contributed by atoms with Crippen molar-refractivity contribution in [1.82, 2.24) is 14.5 Å². The quantitative estimate of drug-likeness (QED) is 0.822. The Kier molecular flexibility index (Phi) is 6.00. The minimum Gasteiger partial charge on any atom is -0.385 e. The molecule has 1 heterocycles. The van der Waals surface area contributed by atoms with Crippen molar-refractivity contribution in [2.45, 2.75) is 95.9 Å². The smallest absolute Gasteiger partial charge is 0.243 e. The van der Waals surface area contributed by atoms with Gasteiger partial charge in [-0.3, -0.25) is 4.79 Å². The second kappa shape index (κ2) is 8.64. The monoisotopic (exact) mass is 383 g/mol. The van der Waals surface area contributed by atoms with E-state index in [-0.39, 0.29) is 12.5 Å². The van der Waals surface area contributed by atoms with Gasteiger partial charge in [-0.1, -0.05) is 50.7 Å². The standard InChI is InChI=1S/C23H33N3O2/c1-17(27)23-24-20-14-8-9-15-21(20)25(23)16-22(28)26(18-10-4-2-5-11-18)19-12-6-3-7-13-19/h8-9,14-15,17-19,27H,2-7,10-13,16H2,1H3. The molecule has 2 fully saturated rings. The number of para-hydroxylation sites is 2. The molecule has 152 valence electrons. The summed E-state index contributed by atoms with van der Waals surface area (Å²) in [6.07, 6.45) is 11.4. The number of amides is 1. The molecular weight excluding hydrogens is 350 g/mol. The molecule has 1 amide bonds. The molecule has 0 saturated heterocycles. The molecule has 1 unspecified atom stereocenters. The van der Waals surface area contributed by atoms with Crippen molar-refractivity contribution in [2.24, 2.45) is 0 Å². The summed E-state index contributed by atoms with van der Waals surface area (Å²) < 4.78 is 1.93. The molecule has 1 atom stereocenters. The molecule has 0 bridgehead atoms. The number of aliphatic hydroxyl groups excluding tert-OH is 1. The number of rotatable bonds is 5. The normalized spacial score (nSPS) is 20.4. The van der Waals surface area contributed by atoms with Gasteiger partial charge in [0.15, 0.2) is 0 Å². The summed E-state index contributed by atoms with van der Waals surface area (Å²) >= 11 is 0. The number of imidazole rings is 1. The molecule has 28 heavy (non-hydrogen) atoms. The number of fused-ring (bicyclic) bond motifs is 1. The van der Waals surface area contributed by atoms with E-state index in [9.17, 15) is 9.90 Å². The number of carbonyl (C=O) groups excluding carboxylic acids is 1. The minimum absolute atomic E-state index is 0.198. The summed E-state index contributed by atoms with van der Waals surface area (Å²) in [5.41, 5.74) is 1.77. The van der Waals surface area contributed by atoms with Gasteiger partial charge in [0.2, 0.25) is 5.91 Å². The summed E-state index contributed by atoms with van der Waals surface area (Å²) in [5, 5.41) is 10.2. The lowest BCUT2D eigenvalue weighted by Crippen LogP contribution is -2.50. The highest BCUT2D eigenvalue weighted by atomic mass is 16.3. The zero-order valence-corrected chi connectivity index (χ0v) is 17.0. The average molecular weight is 384 g/mol. The predicted molar refractivity (Wildman–Crippen MR) is 111 cm³/mol. The zero-order valence-electron chi connectivity index (χ0n) is 17.0. The van der Waals surface area contributed by atoms with Crippen LogP contribution in [0, 0.1) is 0 Å².